The van der Waals surface area contributed by atoms with E-state index >= 15 is 0 Å². The fraction of sp³-hybridized carbons (Fsp3) is 0.0667. The van der Waals surface area contributed by atoms with Crippen LogP contribution in [0, 0.1) is 5.82 Å². The van der Waals surface area contributed by atoms with Crippen LogP contribution in [0.15, 0.2) is 58.7 Å². The lowest BCUT2D eigenvalue weighted by Crippen LogP contribution is -2.08. The molecular weight excluding hydrogens is 273 g/mol. The van der Waals surface area contributed by atoms with Crippen molar-refractivity contribution in [1.82, 2.24) is 4.57 Å². The van der Waals surface area contributed by atoms with Crippen molar-refractivity contribution in [2.45, 2.75) is 0 Å². The first-order chi connectivity index (χ1) is 9.74. The second kappa shape index (κ2) is 5.38. The Morgan fingerprint density at radius 1 is 1.15 bits per heavy atom. The fourth-order valence-electron chi connectivity index (χ4n) is 1.91. The van der Waals surface area contributed by atoms with Crippen LogP contribution in [0.5, 0.6) is 0 Å². The van der Waals surface area contributed by atoms with Gasteiger partial charge >= 0.3 is 0 Å². The molecule has 0 fully saturated rings. The summed E-state index contributed by atoms with van der Waals surface area (Å²) < 4.78 is 16.2. The fourth-order valence-corrected chi connectivity index (χ4v) is 2.89. The molecule has 3 aromatic rings. The third kappa shape index (κ3) is 2.53. The lowest BCUT2D eigenvalue weighted by Gasteiger charge is -1.92. The molecule has 5 heteroatoms. The molecule has 0 spiro atoms. The van der Waals surface area contributed by atoms with Gasteiger partial charge in [0.15, 0.2) is 0 Å². The van der Waals surface area contributed by atoms with E-state index < -0.39 is 0 Å². The number of halogens is 1. The Bertz CT molecular complexity index is 845. The highest BCUT2D eigenvalue weighted by Crippen LogP contribution is 2.15. The molecule has 0 saturated heterocycles. The summed E-state index contributed by atoms with van der Waals surface area (Å²) in [5, 5.41) is 8.23. The number of nitrogens with zero attached hydrogens (tertiary/aromatic N) is 3. The maximum absolute atomic E-state index is 13.0. The number of rotatable bonds is 2. The van der Waals surface area contributed by atoms with Gasteiger partial charge in [0.1, 0.15) is 5.82 Å². The molecule has 2 aromatic carbocycles. The predicted molar refractivity (Wildman–Crippen MR) is 80.4 cm³/mol. The van der Waals surface area contributed by atoms with Gasteiger partial charge in [-0.05, 0) is 29.8 Å². The molecule has 0 unspecified atom stereocenters. The molecule has 100 valence electrons. The summed E-state index contributed by atoms with van der Waals surface area (Å²) >= 11 is 1.57. The summed E-state index contributed by atoms with van der Waals surface area (Å²) in [6, 6.07) is 14.3. The lowest BCUT2D eigenvalue weighted by atomic mass is 10.2. The minimum atomic E-state index is -0.277. The van der Waals surface area contributed by atoms with E-state index in [1.807, 2.05) is 29.8 Å². The first-order valence-corrected chi connectivity index (χ1v) is 6.93. The number of benzene rings is 2. The standard InChI is InChI=1S/C15H12FN3S/c1-19-13-7-2-3-8-14(13)20-15(19)18-17-10-11-5-4-6-12(16)9-11/h2-10H,1H3/b17-10+,18-15-. The smallest absolute Gasteiger partial charge is 0.211 e. The molecule has 0 radical (unpaired) electrons. The third-order valence-corrected chi connectivity index (χ3v) is 4.02. The van der Waals surface area contributed by atoms with Gasteiger partial charge in [0.2, 0.25) is 4.80 Å². The summed E-state index contributed by atoms with van der Waals surface area (Å²) in [6.07, 6.45) is 1.55. The van der Waals surface area contributed by atoms with E-state index in [9.17, 15) is 4.39 Å². The van der Waals surface area contributed by atoms with E-state index in [0.29, 0.717) is 5.56 Å². The van der Waals surface area contributed by atoms with Gasteiger partial charge < -0.3 is 4.57 Å². The first kappa shape index (κ1) is 12.7. The van der Waals surface area contributed by atoms with Gasteiger partial charge in [-0.2, -0.15) is 5.10 Å². The van der Waals surface area contributed by atoms with Gasteiger partial charge in [0, 0.05) is 7.05 Å². The third-order valence-electron chi connectivity index (χ3n) is 2.91. The van der Waals surface area contributed by atoms with Crippen LogP contribution in [0.2, 0.25) is 0 Å². The maximum Gasteiger partial charge on any atom is 0.211 e. The monoisotopic (exact) mass is 285 g/mol. The van der Waals surface area contributed by atoms with E-state index in [1.165, 1.54) is 12.1 Å². The van der Waals surface area contributed by atoms with Crippen LogP contribution >= 0.6 is 11.3 Å². The van der Waals surface area contributed by atoms with Crippen molar-refractivity contribution in [3.05, 3.63) is 64.7 Å². The zero-order chi connectivity index (χ0) is 13.9. The topological polar surface area (TPSA) is 29.6 Å². The molecule has 20 heavy (non-hydrogen) atoms. The average Bonchev–Trinajstić information content (AvgIpc) is 2.76. The number of hydrogen-bond donors (Lipinski definition) is 0. The molecule has 3 rings (SSSR count). The highest BCUT2D eigenvalue weighted by atomic mass is 32.1. The zero-order valence-corrected chi connectivity index (χ0v) is 11.6. The molecule has 0 aliphatic carbocycles. The average molecular weight is 285 g/mol. The molecule has 3 nitrogen and oxygen atoms in total. The molecule has 1 heterocycles. The normalized spacial score (nSPS) is 12.6. The van der Waals surface area contributed by atoms with Gasteiger partial charge in [0.05, 0.1) is 16.4 Å². The Labute approximate surface area is 119 Å². The van der Waals surface area contributed by atoms with Gasteiger partial charge in [-0.3, -0.25) is 0 Å². The number of aromatic nitrogens is 1. The first-order valence-electron chi connectivity index (χ1n) is 6.11. The van der Waals surface area contributed by atoms with Gasteiger partial charge in [-0.1, -0.05) is 35.6 Å². The van der Waals surface area contributed by atoms with Crippen LogP contribution in [-0.4, -0.2) is 10.8 Å². The highest BCUT2D eigenvalue weighted by molar-refractivity contribution is 7.16. The second-order valence-electron chi connectivity index (χ2n) is 4.31. The summed E-state index contributed by atoms with van der Waals surface area (Å²) in [5.41, 5.74) is 1.81. The van der Waals surface area contributed by atoms with Gasteiger partial charge in [-0.15, -0.1) is 5.10 Å². The Kier molecular flexibility index (Phi) is 3.43. The molecule has 0 atom stereocenters. The SMILES string of the molecule is Cn1/c(=N/N=C/c2cccc(F)c2)sc2ccccc21. The van der Waals surface area contributed by atoms with Crippen LogP contribution < -0.4 is 4.80 Å². The second-order valence-corrected chi connectivity index (χ2v) is 5.32. The van der Waals surface area contributed by atoms with Crippen molar-refractivity contribution >= 4 is 27.8 Å². The van der Waals surface area contributed by atoms with E-state index in [1.54, 1.807) is 29.7 Å². The predicted octanol–water partition coefficient (Wildman–Crippen LogP) is 3.31. The number of aryl methyl sites for hydroxylation is 1. The molecule has 0 aliphatic rings. The van der Waals surface area contributed by atoms with E-state index in [4.69, 9.17) is 0 Å². The maximum atomic E-state index is 13.0. The molecule has 1 aromatic heterocycles. The van der Waals surface area contributed by atoms with Crippen LogP contribution in [0.4, 0.5) is 4.39 Å². The van der Waals surface area contributed by atoms with Crippen LogP contribution in [-0.2, 0) is 7.05 Å². The van der Waals surface area contributed by atoms with Crippen LogP contribution in [0.25, 0.3) is 10.2 Å². The largest absolute Gasteiger partial charge is 0.318 e. The number of hydrogen-bond acceptors (Lipinski definition) is 3. The number of para-hydroxylation sites is 1. The van der Waals surface area contributed by atoms with Crippen molar-refractivity contribution in [2.75, 3.05) is 0 Å². The minimum absolute atomic E-state index is 0.277. The Hall–Kier alpha value is -2.27. The summed E-state index contributed by atoms with van der Waals surface area (Å²) in [5.74, 6) is -0.277. The van der Waals surface area contributed by atoms with Crippen molar-refractivity contribution < 1.29 is 4.39 Å². The van der Waals surface area contributed by atoms with Crippen molar-refractivity contribution in [3.8, 4) is 0 Å². The van der Waals surface area contributed by atoms with Crippen LogP contribution in [0.3, 0.4) is 0 Å². The molecular formula is C15H12FN3S. The van der Waals surface area contributed by atoms with E-state index in [-0.39, 0.29) is 5.82 Å². The van der Waals surface area contributed by atoms with Crippen molar-refractivity contribution in [1.29, 1.82) is 0 Å². The highest BCUT2D eigenvalue weighted by Gasteiger charge is 2.00. The van der Waals surface area contributed by atoms with E-state index in [0.717, 1.165) is 15.0 Å². The van der Waals surface area contributed by atoms with Crippen LogP contribution in [0.1, 0.15) is 5.56 Å². The molecule has 0 saturated carbocycles. The molecule has 0 aliphatic heterocycles. The summed E-state index contributed by atoms with van der Waals surface area (Å²) in [7, 11) is 1.95. The lowest BCUT2D eigenvalue weighted by molar-refractivity contribution is 0.627. The molecule has 0 N–H and O–H groups in total. The molecule has 0 amide bonds. The summed E-state index contributed by atoms with van der Waals surface area (Å²) in [4.78, 5) is 0.804. The van der Waals surface area contributed by atoms with Gasteiger partial charge in [-0.25, -0.2) is 4.39 Å². The Morgan fingerprint density at radius 2 is 2.00 bits per heavy atom. The molecule has 0 bridgehead atoms. The Morgan fingerprint density at radius 3 is 2.80 bits per heavy atom. The van der Waals surface area contributed by atoms with Crippen molar-refractivity contribution in [2.24, 2.45) is 17.3 Å². The summed E-state index contributed by atoms with van der Waals surface area (Å²) in [6.45, 7) is 0. The Balaban J connectivity index is 1.97. The van der Waals surface area contributed by atoms with Gasteiger partial charge in [0.25, 0.3) is 0 Å². The zero-order valence-electron chi connectivity index (χ0n) is 10.8. The number of fused-ring (bicyclic) bond motifs is 1. The minimum Gasteiger partial charge on any atom is -0.318 e. The van der Waals surface area contributed by atoms with Crippen molar-refractivity contribution in [3.63, 3.8) is 0 Å². The number of thiazole rings is 1. The quantitative estimate of drug-likeness (QED) is 0.511. The van der Waals surface area contributed by atoms with E-state index in [2.05, 4.69) is 16.3 Å².